The molecule has 24 heavy (non-hydrogen) atoms. The standard InChI is InChI=1S/C14H19N3O5S2/c1-23(18,19)17(24(2,20)21)13-6-3-7-14(9-13)22-8-4-5-12-10-15-11-16-12/h3,6-7,9-11H,4-5,8H2,1-2H3,(H,15,16). The summed E-state index contributed by atoms with van der Waals surface area (Å²) < 4.78 is 53.1. The molecular weight excluding hydrogens is 354 g/mol. The van der Waals surface area contributed by atoms with E-state index in [4.69, 9.17) is 4.74 Å². The molecule has 0 aliphatic heterocycles. The van der Waals surface area contributed by atoms with E-state index in [2.05, 4.69) is 9.97 Å². The van der Waals surface area contributed by atoms with Crippen molar-refractivity contribution < 1.29 is 21.6 Å². The maximum absolute atomic E-state index is 11.8. The van der Waals surface area contributed by atoms with E-state index >= 15 is 0 Å². The van der Waals surface area contributed by atoms with E-state index in [9.17, 15) is 16.8 Å². The van der Waals surface area contributed by atoms with Crippen LogP contribution in [0, 0.1) is 0 Å². The SMILES string of the molecule is CS(=O)(=O)N(c1cccc(OCCCc2cnc[nH]2)c1)S(C)(=O)=O. The minimum absolute atomic E-state index is 0.0195. The Hall–Kier alpha value is -2.07. The zero-order chi connectivity index (χ0) is 17.8. The number of imidazole rings is 1. The molecule has 1 aromatic heterocycles. The lowest BCUT2D eigenvalue weighted by Gasteiger charge is -2.20. The Kier molecular flexibility index (Phi) is 5.50. The van der Waals surface area contributed by atoms with Crippen LogP contribution in [0.5, 0.6) is 5.75 Å². The molecule has 2 rings (SSSR count). The van der Waals surface area contributed by atoms with Gasteiger partial charge in [-0.1, -0.05) is 6.07 Å². The first-order chi connectivity index (χ1) is 11.2. The molecule has 1 aromatic carbocycles. The fraction of sp³-hybridized carbons (Fsp3) is 0.357. The van der Waals surface area contributed by atoms with Gasteiger partial charge >= 0.3 is 0 Å². The van der Waals surface area contributed by atoms with E-state index in [-0.39, 0.29) is 5.69 Å². The topological polar surface area (TPSA) is 109 Å². The summed E-state index contributed by atoms with van der Waals surface area (Å²) >= 11 is 0. The Bertz CT molecular complexity index is 845. The molecule has 0 spiro atoms. The van der Waals surface area contributed by atoms with E-state index in [1.165, 1.54) is 12.1 Å². The van der Waals surface area contributed by atoms with Crippen LogP contribution in [0.25, 0.3) is 0 Å². The van der Waals surface area contributed by atoms with Crippen molar-refractivity contribution in [2.24, 2.45) is 0 Å². The van der Waals surface area contributed by atoms with E-state index in [1.54, 1.807) is 24.7 Å². The molecule has 0 bridgehead atoms. The number of hydrogen-bond acceptors (Lipinski definition) is 6. The van der Waals surface area contributed by atoms with Crippen molar-refractivity contribution in [3.63, 3.8) is 0 Å². The summed E-state index contributed by atoms with van der Waals surface area (Å²) in [5.74, 6) is 0.398. The number of sulfonamides is 2. The second-order valence-electron chi connectivity index (χ2n) is 5.25. The Balaban J connectivity index is 2.07. The summed E-state index contributed by atoms with van der Waals surface area (Å²) in [5, 5.41) is 0. The molecule has 0 aliphatic carbocycles. The van der Waals surface area contributed by atoms with Crippen LogP contribution in [0.4, 0.5) is 5.69 Å². The molecule has 0 amide bonds. The van der Waals surface area contributed by atoms with Gasteiger partial charge in [-0.2, -0.15) is 3.71 Å². The highest BCUT2D eigenvalue weighted by atomic mass is 32.3. The first kappa shape index (κ1) is 18.3. The van der Waals surface area contributed by atoms with Crippen LogP contribution >= 0.6 is 0 Å². The number of nitrogens with one attached hydrogen (secondary N) is 1. The van der Waals surface area contributed by atoms with Crippen molar-refractivity contribution in [3.05, 3.63) is 42.5 Å². The number of aromatic amines is 1. The third kappa shape index (κ3) is 4.96. The van der Waals surface area contributed by atoms with Gasteiger partial charge in [0.25, 0.3) is 0 Å². The maximum atomic E-state index is 11.8. The van der Waals surface area contributed by atoms with E-state index < -0.39 is 20.0 Å². The second-order valence-corrected chi connectivity index (χ2v) is 9.14. The average molecular weight is 373 g/mol. The van der Waals surface area contributed by atoms with Gasteiger partial charge in [0.2, 0.25) is 20.0 Å². The van der Waals surface area contributed by atoms with Gasteiger partial charge in [0.1, 0.15) is 5.75 Å². The molecule has 8 nitrogen and oxygen atoms in total. The number of aromatic nitrogens is 2. The predicted molar refractivity (Wildman–Crippen MR) is 91.0 cm³/mol. The molecular formula is C14H19N3O5S2. The Labute approximate surface area is 141 Å². The van der Waals surface area contributed by atoms with Crippen molar-refractivity contribution in [1.29, 1.82) is 0 Å². The van der Waals surface area contributed by atoms with Crippen LogP contribution in [0.1, 0.15) is 12.1 Å². The molecule has 0 unspecified atom stereocenters. The van der Waals surface area contributed by atoms with Gasteiger partial charge in [-0.15, -0.1) is 0 Å². The summed E-state index contributed by atoms with van der Waals surface area (Å²) in [6, 6.07) is 5.98. The fourth-order valence-corrected chi connectivity index (χ4v) is 5.15. The Morgan fingerprint density at radius 2 is 1.88 bits per heavy atom. The molecule has 0 fully saturated rings. The largest absolute Gasteiger partial charge is 0.494 e. The van der Waals surface area contributed by atoms with Crippen LogP contribution in [0.15, 0.2) is 36.8 Å². The summed E-state index contributed by atoms with van der Waals surface area (Å²) in [5.41, 5.74) is 1.01. The molecule has 2 aromatic rings. The van der Waals surface area contributed by atoms with E-state index in [0.717, 1.165) is 31.0 Å². The molecule has 132 valence electrons. The predicted octanol–water partition coefficient (Wildman–Crippen LogP) is 1.15. The Morgan fingerprint density at radius 3 is 2.46 bits per heavy atom. The molecule has 0 radical (unpaired) electrons. The number of aryl methyl sites for hydroxylation is 1. The van der Waals surface area contributed by atoms with Crippen molar-refractivity contribution >= 4 is 25.7 Å². The summed E-state index contributed by atoms with van der Waals surface area (Å²) in [6.07, 6.45) is 6.51. The summed E-state index contributed by atoms with van der Waals surface area (Å²) in [7, 11) is -7.94. The monoisotopic (exact) mass is 373 g/mol. The smallest absolute Gasteiger partial charge is 0.245 e. The minimum Gasteiger partial charge on any atom is -0.494 e. The molecule has 1 N–H and O–H groups in total. The normalized spacial score (nSPS) is 12.1. The van der Waals surface area contributed by atoms with Crippen molar-refractivity contribution in [3.8, 4) is 5.75 Å². The average Bonchev–Trinajstić information content (AvgIpc) is 2.94. The number of ether oxygens (including phenoxy) is 1. The number of benzene rings is 1. The molecule has 0 atom stereocenters. The van der Waals surface area contributed by atoms with Gasteiger partial charge in [-0.3, -0.25) is 0 Å². The highest BCUT2D eigenvalue weighted by Crippen LogP contribution is 2.25. The number of anilines is 1. The third-order valence-corrected chi connectivity index (χ3v) is 6.30. The number of hydrogen-bond donors (Lipinski definition) is 1. The van der Waals surface area contributed by atoms with Gasteiger partial charge < -0.3 is 9.72 Å². The highest BCUT2D eigenvalue weighted by Gasteiger charge is 2.27. The first-order valence-corrected chi connectivity index (χ1v) is 10.8. The van der Waals surface area contributed by atoms with Crippen LogP contribution in [0.3, 0.4) is 0 Å². The van der Waals surface area contributed by atoms with Crippen LogP contribution in [-0.2, 0) is 26.5 Å². The van der Waals surface area contributed by atoms with Crippen LogP contribution in [0.2, 0.25) is 0 Å². The zero-order valence-electron chi connectivity index (χ0n) is 13.3. The molecule has 0 saturated heterocycles. The maximum Gasteiger partial charge on any atom is 0.245 e. The number of nitrogens with zero attached hydrogens (tertiary/aromatic N) is 2. The zero-order valence-corrected chi connectivity index (χ0v) is 15.0. The first-order valence-electron chi connectivity index (χ1n) is 7.08. The summed E-state index contributed by atoms with van der Waals surface area (Å²) in [4.78, 5) is 6.91. The van der Waals surface area contributed by atoms with Gasteiger partial charge in [0.05, 0.1) is 31.1 Å². The number of rotatable bonds is 8. The van der Waals surface area contributed by atoms with Gasteiger partial charge in [-0.05, 0) is 25.0 Å². The lowest BCUT2D eigenvalue weighted by Crippen LogP contribution is -2.35. The van der Waals surface area contributed by atoms with Crippen LogP contribution < -0.4 is 8.45 Å². The third-order valence-electron chi connectivity index (χ3n) is 3.04. The van der Waals surface area contributed by atoms with E-state index in [1.807, 2.05) is 0 Å². The lowest BCUT2D eigenvalue weighted by molar-refractivity contribution is 0.310. The lowest BCUT2D eigenvalue weighted by atomic mass is 10.2. The van der Waals surface area contributed by atoms with Crippen molar-refractivity contribution in [1.82, 2.24) is 9.97 Å². The minimum atomic E-state index is -3.97. The van der Waals surface area contributed by atoms with Crippen molar-refractivity contribution in [2.75, 3.05) is 22.8 Å². The molecule has 1 heterocycles. The van der Waals surface area contributed by atoms with Crippen molar-refractivity contribution in [2.45, 2.75) is 12.8 Å². The summed E-state index contributed by atoms with van der Waals surface area (Å²) in [6.45, 7) is 0.403. The highest BCUT2D eigenvalue weighted by molar-refractivity contribution is 8.09. The van der Waals surface area contributed by atoms with Gasteiger partial charge in [-0.25, -0.2) is 21.8 Å². The van der Waals surface area contributed by atoms with Crippen LogP contribution in [-0.4, -0.2) is 45.9 Å². The number of H-pyrrole nitrogens is 1. The second kappa shape index (κ2) is 7.22. The molecule has 0 aliphatic rings. The Morgan fingerprint density at radius 1 is 1.17 bits per heavy atom. The fourth-order valence-electron chi connectivity index (χ4n) is 2.19. The van der Waals surface area contributed by atoms with Gasteiger partial charge in [0, 0.05) is 18.0 Å². The van der Waals surface area contributed by atoms with E-state index in [0.29, 0.717) is 16.1 Å². The quantitative estimate of drug-likeness (QED) is 0.695. The molecule has 10 heteroatoms. The molecule has 0 saturated carbocycles. The van der Waals surface area contributed by atoms with Gasteiger partial charge in [0.15, 0.2) is 0 Å².